The average Bonchev–Trinajstić information content (AvgIpc) is 2.37. The van der Waals surface area contributed by atoms with Gasteiger partial charge in [0.25, 0.3) is 5.69 Å². The Labute approximate surface area is 106 Å². The third-order valence-electron chi connectivity index (χ3n) is 2.66. The van der Waals surface area contributed by atoms with Crippen LogP contribution in [0.15, 0.2) is 18.2 Å². The molecule has 0 amide bonds. The summed E-state index contributed by atoms with van der Waals surface area (Å²) in [4.78, 5) is 12.1. The summed E-state index contributed by atoms with van der Waals surface area (Å²) in [5.74, 6) is 0. The van der Waals surface area contributed by atoms with Gasteiger partial charge in [-0.15, -0.1) is 0 Å². The third kappa shape index (κ3) is 3.43. The fraction of sp³-hybridized carbons (Fsp3) is 0.417. The van der Waals surface area contributed by atoms with Crippen LogP contribution in [0.2, 0.25) is 0 Å². The Kier molecular flexibility index (Phi) is 5.08. The molecule has 1 aromatic carbocycles. The normalized spacial score (nSPS) is 9.83. The number of hydrogen-bond donors (Lipinski definition) is 1. The van der Waals surface area contributed by atoms with Crippen molar-refractivity contribution in [3.05, 3.63) is 33.9 Å². The van der Waals surface area contributed by atoms with Gasteiger partial charge in [0.05, 0.1) is 4.92 Å². The van der Waals surface area contributed by atoms with E-state index in [0.29, 0.717) is 0 Å². The summed E-state index contributed by atoms with van der Waals surface area (Å²) >= 11 is 0. The van der Waals surface area contributed by atoms with E-state index < -0.39 is 4.92 Å². The molecule has 6 heteroatoms. The highest BCUT2D eigenvalue weighted by molar-refractivity contribution is 5.59. The van der Waals surface area contributed by atoms with Crippen molar-refractivity contribution >= 4 is 11.4 Å². The van der Waals surface area contributed by atoms with E-state index in [-0.39, 0.29) is 11.3 Å². The fourth-order valence-corrected chi connectivity index (χ4v) is 1.63. The molecule has 0 bridgehead atoms. The predicted molar refractivity (Wildman–Crippen MR) is 69.6 cm³/mol. The minimum Gasteiger partial charge on any atom is -0.375 e. The fourth-order valence-electron chi connectivity index (χ4n) is 1.63. The molecule has 0 atom stereocenters. The van der Waals surface area contributed by atoms with E-state index in [1.165, 1.54) is 6.07 Å². The lowest BCUT2D eigenvalue weighted by Crippen LogP contribution is -2.22. The number of nitrogens with zero attached hydrogens (tertiary/aromatic N) is 3. The molecule has 18 heavy (non-hydrogen) atoms. The molecule has 0 radical (unpaired) electrons. The van der Waals surface area contributed by atoms with E-state index >= 15 is 0 Å². The molecule has 0 saturated carbocycles. The largest absolute Gasteiger partial charge is 0.375 e. The molecule has 1 aromatic rings. The van der Waals surface area contributed by atoms with E-state index in [9.17, 15) is 10.1 Å². The summed E-state index contributed by atoms with van der Waals surface area (Å²) in [5.41, 5.74) is 0.760. The van der Waals surface area contributed by atoms with Gasteiger partial charge in [0.2, 0.25) is 0 Å². The Balaban J connectivity index is 2.85. The topological polar surface area (TPSA) is 82.2 Å². The van der Waals surface area contributed by atoms with Gasteiger partial charge in [0.15, 0.2) is 0 Å². The first-order valence-electron chi connectivity index (χ1n) is 5.64. The molecule has 96 valence electrons. The van der Waals surface area contributed by atoms with Crippen LogP contribution in [0.1, 0.15) is 12.0 Å². The average molecular weight is 248 g/mol. The van der Waals surface area contributed by atoms with Crippen molar-refractivity contribution < 1.29 is 4.92 Å². The molecule has 0 spiro atoms. The second kappa shape index (κ2) is 6.57. The van der Waals surface area contributed by atoms with Crippen molar-refractivity contribution in [3.8, 4) is 6.07 Å². The standard InChI is InChI=1S/C12H16N4O2/c1-14-6-3-7-15(2)11-4-5-12(16(17)18)10(8-11)9-13/h4-5,8,14H,3,6-7H2,1-2H3. The summed E-state index contributed by atoms with van der Waals surface area (Å²) in [6.07, 6.45) is 0.964. The molecule has 0 unspecified atom stereocenters. The number of anilines is 1. The lowest BCUT2D eigenvalue weighted by molar-refractivity contribution is -0.385. The van der Waals surface area contributed by atoms with Gasteiger partial charge in [-0.3, -0.25) is 10.1 Å². The Morgan fingerprint density at radius 1 is 1.56 bits per heavy atom. The molecule has 6 nitrogen and oxygen atoms in total. The molecule has 0 fully saturated rings. The maximum Gasteiger partial charge on any atom is 0.287 e. The highest BCUT2D eigenvalue weighted by Crippen LogP contribution is 2.23. The Hall–Kier alpha value is -2.13. The second-order valence-corrected chi connectivity index (χ2v) is 3.95. The van der Waals surface area contributed by atoms with Crippen LogP contribution in [0.3, 0.4) is 0 Å². The second-order valence-electron chi connectivity index (χ2n) is 3.95. The van der Waals surface area contributed by atoms with Crippen LogP contribution in [-0.4, -0.2) is 32.1 Å². The van der Waals surface area contributed by atoms with Crippen molar-refractivity contribution in [2.45, 2.75) is 6.42 Å². The number of hydrogen-bond acceptors (Lipinski definition) is 5. The van der Waals surface area contributed by atoms with Crippen molar-refractivity contribution in [3.63, 3.8) is 0 Å². The van der Waals surface area contributed by atoms with E-state index in [4.69, 9.17) is 5.26 Å². The molecule has 0 aliphatic carbocycles. The van der Waals surface area contributed by atoms with E-state index in [1.54, 1.807) is 12.1 Å². The van der Waals surface area contributed by atoms with Crippen LogP contribution in [0.5, 0.6) is 0 Å². The van der Waals surface area contributed by atoms with Crippen LogP contribution in [0.25, 0.3) is 0 Å². The number of rotatable bonds is 6. The van der Waals surface area contributed by atoms with Crippen molar-refractivity contribution in [1.82, 2.24) is 5.32 Å². The van der Waals surface area contributed by atoms with E-state index in [2.05, 4.69) is 5.32 Å². The van der Waals surface area contributed by atoms with Crippen molar-refractivity contribution in [2.24, 2.45) is 0 Å². The number of nitro groups is 1. The maximum atomic E-state index is 10.7. The predicted octanol–water partition coefficient (Wildman–Crippen LogP) is 1.51. The monoisotopic (exact) mass is 248 g/mol. The zero-order valence-electron chi connectivity index (χ0n) is 10.5. The van der Waals surface area contributed by atoms with E-state index in [1.807, 2.05) is 25.1 Å². The number of nitriles is 1. The molecule has 1 rings (SSSR count). The van der Waals surface area contributed by atoms with Gasteiger partial charge in [-0.25, -0.2) is 0 Å². The maximum absolute atomic E-state index is 10.7. The van der Waals surface area contributed by atoms with E-state index in [0.717, 1.165) is 25.2 Å². The number of benzene rings is 1. The SMILES string of the molecule is CNCCCN(C)c1ccc([N+](=O)[O-])c(C#N)c1. The zero-order chi connectivity index (χ0) is 13.5. The molecule has 0 heterocycles. The summed E-state index contributed by atoms with van der Waals surface area (Å²) in [6, 6.07) is 6.45. The highest BCUT2D eigenvalue weighted by atomic mass is 16.6. The molecule has 0 aliphatic heterocycles. The van der Waals surface area contributed by atoms with Gasteiger partial charge < -0.3 is 10.2 Å². The van der Waals surface area contributed by atoms with Gasteiger partial charge in [-0.2, -0.15) is 5.26 Å². The van der Waals surface area contributed by atoms with Crippen molar-refractivity contribution in [2.75, 3.05) is 32.1 Å². The summed E-state index contributed by atoms with van der Waals surface area (Å²) in [6.45, 7) is 1.73. The van der Waals surface area contributed by atoms with Gasteiger partial charge in [-0.05, 0) is 32.1 Å². The Morgan fingerprint density at radius 3 is 2.83 bits per heavy atom. The number of nitrogens with one attached hydrogen (secondary N) is 1. The van der Waals surface area contributed by atoms with Crippen LogP contribution >= 0.6 is 0 Å². The Bertz CT molecular complexity index is 468. The van der Waals surface area contributed by atoms with Crippen LogP contribution in [0.4, 0.5) is 11.4 Å². The molecule has 0 aromatic heterocycles. The molecule has 0 aliphatic rings. The minimum atomic E-state index is -0.538. The lowest BCUT2D eigenvalue weighted by Gasteiger charge is -2.19. The molecular formula is C12H16N4O2. The molecule has 0 saturated heterocycles. The minimum absolute atomic E-state index is 0.0953. The summed E-state index contributed by atoms with van der Waals surface area (Å²) in [5, 5.41) is 22.7. The summed E-state index contributed by atoms with van der Waals surface area (Å²) in [7, 11) is 3.79. The van der Waals surface area contributed by atoms with Crippen LogP contribution in [-0.2, 0) is 0 Å². The zero-order valence-corrected chi connectivity index (χ0v) is 10.5. The van der Waals surface area contributed by atoms with Crippen LogP contribution < -0.4 is 10.2 Å². The van der Waals surface area contributed by atoms with Gasteiger partial charge >= 0.3 is 0 Å². The highest BCUT2D eigenvalue weighted by Gasteiger charge is 2.14. The van der Waals surface area contributed by atoms with Crippen LogP contribution in [0, 0.1) is 21.4 Å². The van der Waals surface area contributed by atoms with Gasteiger partial charge in [0.1, 0.15) is 11.6 Å². The first-order valence-corrected chi connectivity index (χ1v) is 5.64. The number of nitro benzene ring substituents is 1. The summed E-state index contributed by atoms with van der Waals surface area (Å²) < 4.78 is 0. The molecule has 1 N–H and O–H groups in total. The quantitative estimate of drug-likeness (QED) is 0.469. The Morgan fingerprint density at radius 2 is 2.28 bits per heavy atom. The smallest absolute Gasteiger partial charge is 0.287 e. The third-order valence-corrected chi connectivity index (χ3v) is 2.66. The van der Waals surface area contributed by atoms with Crippen molar-refractivity contribution in [1.29, 1.82) is 5.26 Å². The van der Waals surface area contributed by atoms with Gasteiger partial charge in [0, 0.05) is 25.3 Å². The first kappa shape index (κ1) is 13.9. The molecular weight excluding hydrogens is 232 g/mol. The lowest BCUT2D eigenvalue weighted by atomic mass is 10.1. The van der Waals surface area contributed by atoms with Gasteiger partial charge in [-0.1, -0.05) is 0 Å². The first-order chi connectivity index (χ1) is 8.60.